The van der Waals surface area contributed by atoms with E-state index in [1.807, 2.05) is 0 Å². The second-order valence-corrected chi connectivity index (χ2v) is 5.67. The van der Waals surface area contributed by atoms with Gasteiger partial charge in [0.1, 0.15) is 0 Å². The van der Waals surface area contributed by atoms with Crippen LogP contribution in [0.2, 0.25) is 0 Å². The fraction of sp³-hybridized carbons (Fsp3) is 0. The van der Waals surface area contributed by atoms with Crippen molar-refractivity contribution in [1.82, 2.24) is 0 Å². The van der Waals surface area contributed by atoms with Gasteiger partial charge in [0.05, 0.1) is 0 Å². The van der Waals surface area contributed by atoms with E-state index in [1.165, 1.54) is 0 Å². The molecule has 27 heteroatoms. The fourth-order valence-electron chi connectivity index (χ4n) is 0. The fourth-order valence-corrected chi connectivity index (χ4v) is 0. The van der Waals surface area contributed by atoms with Crippen LogP contribution >= 0.6 is 0 Å². The Morgan fingerprint density at radius 2 is 0.222 bits per heavy atom. The van der Waals surface area contributed by atoms with Crippen LogP contribution in [0.4, 0.5) is 0 Å². The first-order chi connectivity index (χ1) is 10.0. The molecule has 0 aliphatic heterocycles. The van der Waals surface area contributed by atoms with E-state index in [1.54, 1.807) is 0 Å². The average Bonchev–Trinajstić information content (AvgIpc) is 1.79. The van der Waals surface area contributed by atoms with E-state index in [0.717, 1.165) is 0 Å². The molecule has 0 saturated carbocycles. The monoisotopic (exact) mass is 582 g/mol. The molecule has 0 rings (SSSR count). The van der Waals surface area contributed by atoms with Gasteiger partial charge in [-0.15, -0.1) is 51.2 Å². The van der Waals surface area contributed by atoms with Gasteiger partial charge in [-0.3, -0.25) is 0 Å². The van der Waals surface area contributed by atoms with Crippen LogP contribution in [-0.2, 0) is 21.7 Å². The van der Waals surface area contributed by atoms with Crippen LogP contribution in [0.15, 0.2) is 0 Å². The van der Waals surface area contributed by atoms with Crippen molar-refractivity contribution in [3.05, 3.63) is 0 Å². The Hall–Kier alpha value is 3.00. The summed E-state index contributed by atoms with van der Waals surface area (Å²) in [7, 11) is -24.7. The molecule has 0 unspecified atom stereocenters. The number of halogens is 5. The summed E-state index contributed by atoms with van der Waals surface area (Å²) in [6, 6.07) is 0. The van der Waals surface area contributed by atoms with Crippen molar-refractivity contribution in [2.75, 3.05) is 0 Å². The van der Waals surface area contributed by atoms with Crippen molar-refractivity contribution in [3.8, 4) is 0 Å². The minimum Gasteiger partial charge on any atom is -0.222 e. The van der Waals surface area contributed by atoms with E-state index >= 15 is 0 Å². The van der Waals surface area contributed by atoms with Crippen LogP contribution in [0.3, 0.4) is 0 Å². The van der Waals surface area contributed by atoms with Crippen molar-refractivity contribution in [1.29, 1.82) is 0 Å². The Morgan fingerprint density at radius 1 is 0.222 bits per heavy atom. The Kier molecular flexibility index (Phi) is 36.9. The number of hydrogen-bond donors (Lipinski definition) is 0. The van der Waals surface area contributed by atoms with Gasteiger partial charge in [0.25, 0.3) is 0 Å². The molecule has 160 valence electrons. The summed E-state index contributed by atoms with van der Waals surface area (Å²) < 4.78 is 170. The molecule has 20 nitrogen and oxygen atoms in total. The van der Waals surface area contributed by atoms with Crippen LogP contribution in [0.5, 0.6) is 0 Å². The quantitative estimate of drug-likeness (QED) is 0.238. The molecule has 0 fully saturated rings. The molecule has 0 aliphatic carbocycles. The zero-order valence-corrected chi connectivity index (χ0v) is 20.0. The largest absolute Gasteiger partial charge is 4.00 e. The molecule has 27 heavy (non-hydrogen) atoms. The van der Waals surface area contributed by atoms with Gasteiger partial charge in [-0.2, -0.15) is 0 Å². The molecule has 0 bridgehead atoms. The molecule has 0 heterocycles. The first-order valence-electron chi connectivity index (χ1n) is 3.09. The molecule has 0 aromatic heterocycles. The maximum Gasteiger partial charge on any atom is 4.00 e. The van der Waals surface area contributed by atoms with E-state index in [-0.39, 0.29) is 73.1 Å². The van der Waals surface area contributed by atoms with E-state index in [2.05, 4.69) is 0 Å². The molecule has 0 atom stereocenters. The summed E-state index contributed by atoms with van der Waals surface area (Å²) in [6.45, 7) is 0. The van der Waals surface area contributed by atoms with Crippen molar-refractivity contribution in [2.45, 2.75) is 0 Å². The summed E-state index contributed by atoms with van der Waals surface area (Å²) in [4.78, 5) is 0. The van der Waals surface area contributed by atoms with Crippen molar-refractivity contribution >= 4 is 0 Å². The molecule has 0 amide bonds. The van der Waals surface area contributed by atoms with Crippen molar-refractivity contribution < 1.29 is 217 Å². The Morgan fingerprint density at radius 3 is 0.222 bits per heavy atom. The third-order valence-corrected chi connectivity index (χ3v) is 0. The molecular formula is Cl5KO20Ti. The molecule has 0 saturated heterocycles. The van der Waals surface area contributed by atoms with Gasteiger partial charge in [0.2, 0.25) is 0 Å². The third-order valence-electron chi connectivity index (χ3n) is 0. The van der Waals surface area contributed by atoms with Gasteiger partial charge in [-0.05, 0) is 0 Å². The van der Waals surface area contributed by atoms with E-state index in [9.17, 15) is 0 Å². The minimum absolute atomic E-state index is 0. The average molecular weight is 584 g/mol. The predicted molar refractivity (Wildman–Crippen MR) is 0 cm³/mol. The van der Waals surface area contributed by atoms with Crippen molar-refractivity contribution in [3.63, 3.8) is 0 Å². The maximum atomic E-state index is 8.49. The second-order valence-electron chi connectivity index (χ2n) is 1.89. The third kappa shape index (κ3) is 2350. The van der Waals surface area contributed by atoms with E-state index < -0.39 is 51.2 Å². The van der Waals surface area contributed by atoms with Gasteiger partial charge in [0, 0.05) is 0 Å². The topological polar surface area (TPSA) is 461 Å². The van der Waals surface area contributed by atoms with Gasteiger partial charge in [-0.25, -0.2) is 93.2 Å². The van der Waals surface area contributed by atoms with Crippen LogP contribution < -0.4 is 145 Å². The zero-order valence-electron chi connectivity index (χ0n) is 11.6. The molecule has 0 aromatic carbocycles. The summed E-state index contributed by atoms with van der Waals surface area (Å²) in [5.74, 6) is 0. The first kappa shape index (κ1) is 47.7. The van der Waals surface area contributed by atoms with Crippen LogP contribution in [0, 0.1) is 51.2 Å². The van der Waals surface area contributed by atoms with Gasteiger partial charge in [0.15, 0.2) is 0 Å². The van der Waals surface area contributed by atoms with Crippen LogP contribution in [0.1, 0.15) is 0 Å². The van der Waals surface area contributed by atoms with Gasteiger partial charge >= 0.3 is 73.1 Å². The summed E-state index contributed by atoms with van der Waals surface area (Å²) in [5, 5.41) is 0. The maximum absolute atomic E-state index is 8.49. The summed E-state index contributed by atoms with van der Waals surface area (Å²) >= 11 is 0. The SMILES string of the molecule is [K+].[O-][Cl+3]([O-])([O-])[O-].[O-][Cl+3]([O-])([O-])[O-].[O-][Cl+3]([O-])([O-])[O-].[O-][Cl+3]([O-])([O-])[O-].[O-][Cl+3]([O-])([O-])[O-].[Ti+4]. The molecule has 0 aliphatic rings. The van der Waals surface area contributed by atoms with Crippen LogP contribution in [0.25, 0.3) is 0 Å². The standard InChI is InChI=1S/5ClHO4.K.Ti/c5*2-1(3,4)5;;/h5*(H,2,3,4,5);;/q;;;;;+1;+4/p-5. The predicted octanol–water partition coefficient (Wildman–Crippen LogP) is -26.8. The van der Waals surface area contributed by atoms with Gasteiger partial charge in [-0.1, -0.05) is 0 Å². The van der Waals surface area contributed by atoms with Crippen LogP contribution in [-0.4, -0.2) is 0 Å². The summed E-state index contributed by atoms with van der Waals surface area (Å²) in [6.07, 6.45) is 0. The normalized spacial score (nSPS) is 11.1. The molecule has 0 aromatic rings. The minimum atomic E-state index is -4.94. The Balaban J connectivity index is -0.0000000364. The number of hydrogen-bond acceptors (Lipinski definition) is 20. The molecule has 0 radical (unpaired) electrons. The molecular weight excluding hydrogens is 584 g/mol. The Bertz CT molecular complexity index is 178. The molecule has 0 N–H and O–H groups in total. The van der Waals surface area contributed by atoms with E-state index in [4.69, 9.17) is 93.2 Å². The first-order valence-corrected chi connectivity index (χ1v) is 9.26. The molecule has 0 spiro atoms. The second kappa shape index (κ2) is 20.9. The van der Waals surface area contributed by atoms with Gasteiger partial charge < -0.3 is 0 Å². The zero-order chi connectivity index (χ0) is 22.5. The van der Waals surface area contributed by atoms with Crippen molar-refractivity contribution in [2.24, 2.45) is 0 Å². The number of rotatable bonds is 0. The summed E-state index contributed by atoms with van der Waals surface area (Å²) in [5.41, 5.74) is 0. The smallest absolute Gasteiger partial charge is 0.222 e. The Labute approximate surface area is 215 Å². The van der Waals surface area contributed by atoms with E-state index in [0.29, 0.717) is 0 Å².